The summed E-state index contributed by atoms with van der Waals surface area (Å²) >= 11 is 1.69. The first kappa shape index (κ1) is 20.6. The Morgan fingerprint density at radius 1 is 0.900 bits per heavy atom. The molecule has 8 nitrogen and oxygen atoms in total. The van der Waals surface area contributed by atoms with Gasteiger partial charge >= 0.3 is 0 Å². The molecule has 0 saturated carbocycles. The summed E-state index contributed by atoms with van der Waals surface area (Å²) < 4.78 is 0. The lowest BCUT2D eigenvalue weighted by Crippen LogP contribution is -2.44. The normalized spacial score (nSPS) is 14.2. The predicted molar refractivity (Wildman–Crippen MR) is 125 cm³/mol. The molecule has 30 heavy (non-hydrogen) atoms. The fourth-order valence-corrected chi connectivity index (χ4v) is 4.34. The van der Waals surface area contributed by atoms with Gasteiger partial charge in [0.2, 0.25) is 5.95 Å². The molecule has 9 heteroatoms. The fourth-order valence-electron chi connectivity index (χ4n) is 3.33. The number of benzene rings is 1. The molecule has 1 aliphatic rings. The molecule has 0 unspecified atom stereocenters. The van der Waals surface area contributed by atoms with Crippen LogP contribution in [-0.4, -0.2) is 74.3 Å². The predicted octanol–water partition coefficient (Wildman–Crippen LogP) is 2.25. The minimum atomic E-state index is 0.634. The number of rotatable bonds is 6. The fraction of sp³-hybridized carbons (Fsp3) is 0.429. The van der Waals surface area contributed by atoms with Gasteiger partial charge in [-0.15, -0.1) is 0 Å². The van der Waals surface area contributed by atoms with Crippen molar-refractivity contribution in [2.45, 2.75) is 10.8 Å². The number of anilines is 3. The minimum absolute atomic E-state index is 0.634. The van der Waals surface area contributed by atoms with Crippen molar-refractivity contribution < 1.29 is 0 Å². The van der Waals surface area contributed by atoms with Crippen molar-refractivity contribution in [3.63, 3.8) is 0 Å². The lowest BCUT2D eigenvalue weighted by molar-refractivity contribution is 0.580. The van der Waals surface area contributed by atoms with Crippen molar-refractivity contribution in [3.8, 4) is 0 Å². The molecule has 158 valence electrons. The summed E-state index contributed by atoms with van der Waals surface area (Å²) in [4.78, 5) is 25.7. The highest BCUT2D eigenvalue weighted by molar-refractivity contribution is 7.98. The van der Waals surface area contributed by atoms with E-state index in [1.165, 1.54) is 5.56 Å². The van der Waals surface area contributed by atoms with Gasteiger partial charge in [0.05, 0.1) is 0 Å². The van der Waals surface area contributed by atoms with Crippen LogP contribution in [0.4, 0.5) is 17.6 Å². The van der Waals surface area contributed by atoms with Gasteiger partial charge in [0.15, 0.2) is 22.8 Å². The molecule has 2 aromatic heterocycles. The first-order valence-electron chi connectivity index (χ1n) is 10.1. The third-order valence-corrected chi connectivity index (χ3v) is 5.94. The summed E-state index contributed by atoms with van der Waals surface area (Å²) in [5, 5.41) is 4.26. The van der Waals surface area contributed by atoms with Crippen LogP contribution in [0, 0.1) is 0 Å². The topological polar surface area (TPSA) is 73.3 Å². The van der Waals surface area contributed by atoms with Crippen molar-refractivity contribution in [2.75, 3.05) is 69.1 Å². The van der Waals surface area contributed by atoms with Crippen molar-refractivity contribution in [1.29, 1.82) is 0 Å². The summed E-state index contributed by atoms with van der Waals surface area (Å²) in [6, 6.07) is 10.4. The smallest absolute Gasteiger partial charge is 0.229 e. The number of aromatic nitrogens is 4. The zero-order chi connectivity index (χ0) is 21.1. The second-order valence-corrected chi connectivity index (χ2v) is 8.64. The first-order chi connectivity index (χ1) is 14.5. The molecule has 0 radical (unpaired) electrons. The van der Waals surface area contributed by atoms with Crippen LogP contribution in [0.15, 0.2) is 35.4 Å². The summed E-state index contributed by atoms with van der Waals surface area (Å²) in [7, 11) is 7.96. The van der Waals surface area contributed by atoms with Gasteiger partial charge < -0.3 is 20.0 Å². The number of hydrogen-bond donors (Lipinski definition) is 1. The van der Waals surface area contributed by atoms with Crippen LogP contribution < -0.4 is 20.0 Å². The molecule has 3 heterocycles. The molecule has 1 saturated heterocycles. The van der Waals surface area contributed by atoms with Crippen LogP contribution in [0.3, 0.4) is 0 Å². The van der Waals surface area contributed by atoms with Crippen LogP contribution >= 0.6 is 11.8 Å². The Labute approximate surface area is 181 Å². The molecule has 4 rings (SSSR count). The molecule has 1 aromatic carbocycles. The van der Waals surface area contributed by atoms with Crippen molar-refractivity contribution in [2.24, 2.45) is 0 Å². The van der Waals surface area contributed by atoms with Crippen molar-refractivity contribution >= 4 is 40.5 Å². The van der Waals surface area contributed by atoms with E-state index in [0.29, 0.717) is 5.65 Å². The van der Waals surface area contributed by atoms with Gasteiger partial charge in [-0.05, 0) is 5.56 Å². The van der Waals surface area contributed by atoms with Crippen LogP contribution in [0.5, 0.6) is 0 Å². The third-order valence-electron chi connectivity index (χ3n) is 4.92. The lowest BCUT2D eigenvalue weighted by Gasteiger charge is -2.28. The maximum Gasteiger partial charge on any atom is 0.229 e. The lowest BCUT2D eigenvalue weighted by atomic mass is 10.2. The Balaban J connectivity index is 1.76. The average molecular weight is 425 g/mol. The van der Waals surface area contributed by atoms with Crippen LogP contribution in [0.1, 0.15) is 5.56 Å². The standard InChI is InChI=1S/C21H28N8S/c1-27(2)18-16-17(25-21(26-18)29-12-10-22-11-13-29)24-19(28(3)4)20(23-16)30-14-15-8-6-5-7-9-15/h5-9,22H,10-14H2,1-4H3. The zero-order valence-corrected chi connectivity index (χ0v) is 18.8. The number of thioether (sulfide) groups is 1. The van der Waals surface area contributed by atoms with Crippen LogP contribution in [0.25, 0.3) is 11.2 Å². The second kappa shape index (κ2) is 9.01. The SMILES string of the molecule is CN(C)c1nc2nc(N3CCNCC3)nc(N(C)C)c2nc1SCc1ccccc1. The van der Waals surface area contributed by atoms with Crippen LogP contribution in [0.2, 0.25) is 0 Å². The van der Waals surface area contributed by atoms with Gasteiger partial charge in [0.1, 0.15) is 5.03 Å². The molecule has 1 N–H and O–H groups in total. The molecular formula is C21H28N8S. The van der Waals surface area contributed by atoms with E-state index >= 15 is 0 Å². The maximum atomic E-state index is 4.98. The van der Waals surface area contributed by atoms with Crippen LogP contribution in [-0.2, 0) is 5.75 Å². The molecule has 0 atom stereocenters. The maximum absolute atomic E-state index is 4.98. The molecule has 0 spiro atoms. The van der Waals surface area contributed by atoms with Gasteiger partial charge in [-0.3, -0.25) is 0 Å². The van der Waals surface area contributed by atoms with E-state index in [2.05, 4.69) is 34.5 Å². The van der Waals surface area contributed by atoms with E-state index in [1.54, 1.807) is 11.8 Å². The molecule has 0 aliphatic carbocycles. The van der Waals surface area contributed by atoms with E-state index < -0.39 is 0 Å². The largest absolute Gasteiger partial charge is 0.361 e. The van der Waals surface area contributed by atoms with E-state index in [-0.39, 0.29) is 0 Å². The summed E-state index contributed by atoms with van der Waals surface area (Å²) in [5.41, 5.74) is 2.63. The summed E-state index contributed by atoms with van der Waals surface area (Å²) in [5.74, 6) is 3.18. The van der Waals surface area contributed by atoms with Gasteiger partial charge in [-0.25, -0.2) is 9.97 Å². The number of hydrogen-bond acceptors (Lipinski definition) is 9. The summed E-state index contributed by atoms with van der Waals surface area (Å²) in [6.07, 6.45) is 0. The Hall–Kier alpha value is -2.65. The van der Waals surface area contributed by atoms with Gasteiger partial charge in [0, 0.05) is 60.1 Å². The number of piperazine rings is 1. The number of nitrogens with zero attached hydrogens (tertiary/aromatic N) is 7. The molecule has 0 bridgehead atoms. The van der Waals surface area contributed by atoms with E-state index in [0.717, 1.165) is 60.1 Å². The monoisotopic (exact) mass is 424 g/mol. The van der Waals surface area contributed by atoms with Crippen molar-refractivity contribution in [1.82, 2.24) is 25.3 Å². The summed E-state index contributed by atoms with van der Waals surface area (Å²) in [6.45, 7) is 3.64. The first-order valence-corrected chi connectivity index (χ1v) is 11.1. The Kier molecular flexibility index (Phi) is 6.19. The van der Waals surface area contributed by atoms with E-state index in [9.17, 15) is 0 Å². The van der Waals surface area contributed by atoms with Gasteiger partial charge in [-0.2, -0.15) is 9.97 Å². The number of fused-ring (bicyclic) bond motifs is 1. The molecule has 1 aliphatic heterocycles. The van der Waals surface area contributed by atoms with E-state index in [4.69, 9.17) is 19.9 Å². The quantitative estimate of drug-likeness (QED) is 0.600. The Bertz CT molecular complexity index is 1000. The number of nitrogens with one attached hydrogen (secondary N) is 1. The van der Waals surface area contributed by atoms with E-state index in [1.807, 2.05) is 44.1 Å². The minimum Gasteiger partial charge on any atom is -0.361 e. The van der Waals surface area contributed by atoms with Crippen molar-refractivity contribution in [3.05, 3.63) is 35.9 Å². The van der Waals surface area contributed by atoms with Gasteiger partial charge in [-0.1, -0.05) is 42.1 Å². The zero-order valence-electron chi connectivity index (χ0n) is 18.0. The molecule has 3 aromatic rings. The Morgan fingerprint density at radius 2 is 1.60 bits per heavy atom. The molecule has 0 amide bonds. The highest BCUT2D eigenvalue weighted by Crippen LogP contribution is 2.33. The Morgan fingerprint density at radius 3 is 2.27 bits per heavy atom. The van der Waals surface area contributed by atoms with Gasteiger partial charge in [0.25, 0.3) is 0 Å². The highest BCUT2D eigenvalue weighted by atomic mass is 32.2. The second-order valence-electron chi connectivity index (χ2n) is 7.67. The molecular weight excluding hydrogens is 396 g/mol. The third kappa shape index (κ3) is 4.41. The molecule has 1 fully saturated rings. The highest BCUT2D eigenvalue weighted by Gasteiger charge is 2.21. The average Bonchev–Trinajstić information content (AvgIpc) is 2.77.